The number of carbonyl (C=O) groups excluding carboxylic acids is 1. The molecule has 2 aliphatic rings. The lowest BCUT2D eigenvalue weighted by Gasteiger charge is -2.31. The molecule has 3 N–H and O–H groups in total. The molecule has 13 nitrogen and oxygen atoms in total. The molecule has 2 fully saturated rings. The number of fused-ring (bicyclic) bond motifs is 4. The topological polar surface area (TPSA) is 176 Å². The van der Waals surface area contributed by atoms with Crippen molar-refractivity contribution in [3.05, 3.63) is 121 Å². The van der Waals surface area contributed by atoms with E-state index in [0.29, 0.717) is 50.5 Å². The first-order valence-electron chi connectivity index (χ1n) is 22.2. The number of sulfone groups is 2. The number of aromatic nitrogens is 4. The quantitative estimate of drug-likeness (QED) is 0.105. The van der Waals surface area contributed by atoms with Gasteiger partial charge in [0.25, 0.3) is 0 Å². The molecule has 0 aliphatic carbocycles. The van der Waals surface area contributed by atoms with E-state index in [1.54, 1.807) is 42.5 Å². The Morgan fingerprint density at radius 1 is 0.612 bits per heavy atom. The average molecular weight is 968 g/mol. The monoisotopic (exact) mass is 966 g/mol. The van der Waals surface area contributed by atoms with Gasteiger partial charge in [-0.1, -0.05) is 94.1 Å². The standard InChI is InChI=1S/C25H27N3O3S.C22H21N3O3S.C3H6O.CH4.ClH/c1-2-14-28-15-12-19(13-16-28)31-20-10-11-23-22(17-20)25(27-26-23)32(29,30)24-9-5-7-18-6-3-4-8-21(18)24;26-29(27,21-7-3-5-15-4-1-2-6-18(15)21)22-19-14-17(8-9-20(19)24-25-22)28-16-10-12-23-13-11-16;1-2-3-4;;/h3-11,17,19H,2,12-16H2,1H3,(H,26,27);1-9,14,16,23H,10-13H2,(H,24,25);3H,2H2,1H3;1H4;1H. The van der Waals surface area contributed by atoms with Crippen LogP contribution in [0, 0.1) is 0 Å². The van der Waals surface area contributed by atoms with Gasteiger partial charge >= 0.3 is 0 Å². The lowest BCUT2D eigenvalue weighted by atomic mass is 10.1. The molecule has 0 unspecified atom stereocenters. The van der Waals surface area contributed by atoms with Crippen molar-refractivity contribution in [2.45, 2.75) is 91.8 Å². The van der Waals surface area contributed by atoms with Crippen molar-refractivity contribution in [2.24, 2.45) is 0 Å². The number of aldehydes is 1. The number of H-pyrrole nitrogens is 2. The van der Waals surface area contributed by atoms with E-state index in [4.69, 9.17) is 9.47 Å². The number of ether oxygens (including phenoxy) is 2. The Bertz CT molecular complexity index is 3130. The van der Waals surface area contributed by atoms with Crippen LogP contribution in [0.2, 0.25) is 0 Å². The van der Waals surface area contributed by atoms with Gasteiger partial charge in [0, 0.05) is 41.1 Å². The van der Waals surface area contributed by atoms with Crippen LogP contribution in [0.5, 0.6) is 11.5 Å². The minimum Gasteiger partial charge on any atom is -0.490 e. The molecule has 8 aromatic rings. The van der Waals surface area contributed by atoms with Crippen molar-refractivity contribution in [1.29, 1.82) is 0 Å². The van der Waals surface area contributed by atoms with Gasteiger partial charge in [-0.2, -0.15) is 10.2 Å². The van der Waals surface area contributed by atoms with Crippen molar-refractivity contribution < 1.29 is 31.1 Å². The summed E-state index contributed by atoms with van der Waals surface area (Å²) in [7, 11) is -7.57. The molecule has 2 aliphatic heterocycles. The van der Waals surface area contributed by atoms with Crippen LogP contribution in [0.25, 0.3) is 43.4 Å². The van der Waals surface area contributed by atoms with Crippen molar-refractivity contribution >= 4 is 81.7 Å². The molecule has 0 atom stereocenters. The summed E-state index contributed by atoms with van der Waals surface area (Å²) in [5.74, 6) is 1.35. The van der Waals surface area contributed by atoms with Crippen molar-refractivity contribution in [1.82, 2.24) is 30.6 Å². The Morgan fingerprint density at radius 3 is 1.49 bits per heavy atom. The summed E-state index contributed by atoms with van der Waals surface area (Å²) < 4.78 is 66.6. The van der Waals surface area contributed by atoms with E-state index in [1.807, 2.05) is 85.8 Å². The highest BCUT2D eigenvalue weighted by molar-refractivity contribution is 7.92. The van der Waals surface area contributed by atoms with Gasteiger partial charge in [-0.25, -0.2) is 16.8 Å². The minimum atomic E-state index is -3.79. The number of carbonyl (C=O) groups is 1. The van der Waals surface area contributed by atoms with Gasteiger partial charge in [0.15, 0.2) is 10.1 Å². The van der Waals surface area contributed by atoms with Crippen LogP contribution in [-0.2, 0) is 24.5 Å². The maximum atomic E-state index is 13.6. The highest BCUT2D eigenvalue weighted by Crippen LogP contribution is 2.35. The van der Waals surface area contributed by atoms with E-state index in [0.717, 1.165) is 81.9 Å². The largest absolute Gasteiger partial charge is 0.490 e. The van der Waals surface area contributed by atoms with Gasteiger partial charge in [-0.05, 0) is 111 Å². The van der Waals surface area contributed by atoms with E-state index in [1.165, 1.54) is 0 Å². The number of piperidine rings is 2. The molecule has 0 amide bonds. The summed E-state index contributed by atoms with van der Waals surface area (Å²) in [5.41, 5.74) is 1.20. The van der Waals surface area contributed by atoms with E-state index < -0.39 is 19.7 Å². The molecule has 4 heterocycles. The van der Waals surface area contributed by atoms with Gasteiger partial charge in [0.1, 0.15) is 30.0 Å². The van der Waals surface area contributed by atoms with E-state index in [9.17, 15) is 21.6 Å². The Labute approximate surface area is 398 Å². The Morgan fingerprint density at radius 2 is 1.04 bits per heavy atom. The van der Waals surface area contributed by atoms with Crippen molar-refractivity contribution in [3.8, 4) is 11.5 Å². The predicted molar refractivity (Wildman–Crippen MR) is 268 cm³/mol. The second kappa shape index (κ2) is 22.8. The minimum absolute atomic E-state index is 0. The number of hydrogen-bond donors (Lipinski definition) is 3. The molecule has 2 aromatic heterocycles. The fraction of sp³-hybridized carbons (Fsp3) is 0.314. The van der Waals surface area contributed by atoms with E-state index in [2.05, 4.69) is 37.5 Å². The van der Waals surface area contributed by atoms with Crippen LogP contribution in [-0.4, -0.2) is 93.3 Å². The molecule has 0 saturated carbocycles. The fourth-order valence-corrected chi connectivity index (χ4v) is 11.6. The number of benzene rings is 6. The Hall–Kier alpha value is -5.84. The van der Waals surface area contributed by atoms with Crippen molar-refractivity contribution in [3.63, 3.8) is 0 Å². The first kappa shape index (κ1) is 50.6. The third-order valence-corrected chi connectivity index (χ3v) is 15.3. The van der Waals surface area contributed by atoms with Crippen LogP contribution in [0.4, 0.5) is 0 Å². The van der Waals surface area contributed by atoms with E-state index in [-0.39, 0.29) is 51.9 Å². The van der Waals surface area contributed by atoms with Gasteiger partial charge in [-0.3, -0.25) is 10.2 Å². The summed E-state index contributed by atoms with van der Waals surface area (Å²) >= 11 is 0. The average Bonchev–Trinajstić information content (AvgIpc) is 3.98. The lowest BCUT2D eigenvalue weighted by molar-refractivity contribution is -0.107. The van der Waals surface area contributed by atoms with Crippen LogP contribution < -0.4 is 14.8 Å². The normalized spacial score (nSPS) is 14.8. The number of nitrogens with zero attached hydrogens (tertiary/aromatic N) is 3. The molecule has 67 heavy (non-hydrogen) atoms. The van der Waals surface area contributed by atoms with Gasteiger partial charge in [0.05, 0.1) is 20.8 Å². The molecule has 0 radical (unpaired) electrons. The molecule has 354 valence electrons. The zero-order chi connectivity index (χ0) is 45.4. The molecule has 16 heteroatoms. The van der Waals surface area contributed by atoms with Crippen LogP contribution in [0.3, 0.4) is 0 Å². The molecular weight excluding hydrogens is 908 g/mol. The highest BCUT2D eigenvalue weighted by atomic mass is 35.5. The number of halogens is 1. The summed E-state index contributed by atoms with van der Waals surface area (Å²) in [6, 6.07) is 36.5. The summed E-state index contributed by atoms with van der Waals surface area (Å²) in [4.78, 5) is 12.2. The number of hydrogen-bond acceptors (Lipinski definition) is 11. The van der Waals surface area contributed by atoms with Crippen molar-refractivity contribution in [2.75, 3.05) is 32.7 Å². The molecule has 6 aromatic carbocycles. The molecular formula is C51H59ClN6O7S2. The van der Waals surface area contributed by atoms with Gasteiger partial charge in [-0.15, -0.1) is 12.4 Å². The summed E-state index contributed by atoms with van der Waals surface area (Å²) in [6.45, 7) is 9.07. The second-order valence-electron chi connectivity index (χ2n) is 16.2. The molecule has 2 saturated heterocycles. The number of aromatic amines is 2. The van der Waals surface area contributed by atoms with Crippen LogP contribution in [0.15, 0.2) is 141 Å². The molecule has 0 spiro atoms. The lowest BCUT2D eigenvalue weighted by Crippen LogP contribution is -2.38. The highest BCUT2D eigenvalue weighted by Gasteiger charge is 2.28. The maximum Gasteiger partial charge on any atom is 0.224 e. The Balaban J connectivity index is 0.000000200. The van der Waals surface area contributed by atoms with Crippen LogP contribution >= 0.6 is 12.4 Å². The number of nitrogens with one attached hydrogen (secondary N) is 3. The molecule has 0 bridgehead atoms. The number of rotatable bonds is 11. The third kappa shape index (κ3) is 11.3. The summed E-state index contributed by atoms with van der Waals surface area (Å²) in [6.07, 6.45) is 6.78. The zero-order valence-corrected chi connectivity index (χ0v) is 39.4. The smallest absolute Gasteiger partial charge is 0.224 e. The Kier molecular flexibility index (Phi) is 17.2. The molecule has 10 rings (SSSR count). The van der Waals surface area contributed by atoms with Crippen LogP contribution in [0.1, 0.15) is 59.8 Å². The van der Waals surface area contributed by atoms with Gasteiger partial charge < -0.3 is 24.5 Å². The van der Waals surface area contributed by atoms with E-state index >= 15 is 0 Å². The first-order valence-corrected chi connectivity index (χ1v) is 25.2. The number of likely N-dealkylation sites (tertiary alicyclic amines) is 1. The second-order valence-corrected chi connectivity index (χ2v) is 19.9. The zero-order valence-electron chi connectivity index (χ0n) is 37.0. The SMILES string of the molecule is C.CCC=O.CCCN1CCC(Oc2ccc3n[nH]c(S(=O)(=O)c4cccc5ccccc45)c3c2)CC1.Cl.O=S(=O)(c1cccc2ccccc12)c1[nH]nc2ccc(OC3CCNCC3)cc12. The third-order valence-electron chi connectivity index (χ3n) is 11.7. The fourth-order valence-electron chi connectivity index (χ4n) is 8.43. The summed E-state index contributed by atoms with van der Waals surface area (Å²) in [5, 5.41) is 21.7. The predicted octanol–water partition coefficient (Wildman–Crippen LogP) is 10.1. The van der Waals surface area contributed by atoms with Gasteiger partial charge in [0.2, 0.25) is 19.7 Å². The maximum absolute atomic E-state index is 13.6. The first-order chi connectivity index (χ1) is 31.6.